The van der Waals surface area contributed by atoms with E-state index in [0.717, 1.165) is 5.56 Å². The average Bonchev–Trinajstić information content (AvgIpc) is 3.10. The number of likely N-dealkylation sites (tertiary alicyclic amines) is 1. The molecule has 1 aliphatic heterocycles. The number of amides is 2. The van der Waals surface area contributed by atoms with E-state index in [0.29, 0.717) is 12.8 Å². The van der Waals surface area contributed by atoms with Crippen molar-refractivity contribution in [3.05, 3.63) is 35.9 Å². The molecular formula is C18H23N3O6. The highest BCUT2D eigenvalue weighted by Crippen LogP contribution is 2.19. The number of benzene rings is 1. The van der Waals surface area contributed by atoms with Crippen molar-refractivity contribution in [1.29, 1.82) is 0 Å². The summed E-state index contributed by atoms with van der Waals surface area (Å²) in [4.78, 5) is 48.5. The Morgan fingerprint density at radius 2 is 1.85 bits per heavy atom. The van der Waals surface area contributed by atoms with E-state index < -0.39 is 48.3 Å². The van der Waals surface area contributed by atoms with E-state index in [-0.39, 0.29) is 13.0 Å². The first-order chi connectivity index (χ1) is 12.8. The van der Waals surface area contributed by atoms with Gasteiger partial charge in [0.25, 0.3) is 0 Å². The third-order valence-corrected chi connectivity index (χ3v) is 4.45. The number of nitrogens with one attached hydrogen (secondary N) is 1. The van der Waals surface area contributed by atoms with Gasteiger partial charge in [0.05, 0.1) is 12.5 Å². The number of rotatable bonds is 8. The molecule has 9 nitrogen and oxygen atoms in total. The van der Waals surface area contributed by atoms with Gasteiger partial charge in [0, 0.05) is 13.0 Å². The van der Waals surface area contributed by atoms with Gasteiger partial charge in [0.2, 0.25) is 11.8 Å². The van der Waals surface area contributed by atoms with Crippen LogP contribution in [-0.2, 0) is 25.6 Å². The Balaban J connectivity index is 2.18. The minimum atomic E-state index is -1.30. The van der Waals surface area contributed by atoms with E-state index in [1.54, 1.807) is 24.3 Å². The highest BCUT2D eigenvalue weighted by Gasteiger charge is 2.38. The Hall–Kier alpha value is -2.94. The van der Waals surface area contributed by atoms with Crippen LogP contribution in [0, 0.1) is 0 Å². The van der Waals surface area contributed by atoms with Crippen LogP contribution >= 0.6 is 0 Å². The van der Waals surface area contributed by atoms with Crippen molar-refractivity contribution in [3.8, 4) is 0 Å². The molecule has 2 rings (SSSR count). The fourth-order valence-electron chi connectivity index (χ4n) is 3.10. The average molecular weight is 377 g/mol. The summed E-state index contributed by atoms with van der Waals surface area (Å²) in [6, 6.07) is 5.67. The number of hydrogen-bond donors (Lipinski definition) is 4. The Labute approximate surface area is 156 Å². The van der Waals surface area contributed by atoms with Crippen molar-refractivity contribution in [1.82, 2.24) is 10.2 Å². The molecule has 0 bridgehead atoms. The number of carboxylic acid groups (broad SMARTS) is 2. The second-order valence-corrected chi connectivity index (χ2v) is 6.48. The van der Waals surface area contributed by atoms with E-state index in [9.17, 15) is 24.3 Å². The zero-order valence-electron chi connectivity index (χ0n) is 14.7. The van der Waals surface area contributed by atoms with Gasteiger partial charge in [-0.05, 0) is 18.4 Å². The molecule has 0 aromatic heterocycles. The second-order valence-electron chi connectivity index (χ2n) is 6.48. The van der Waals surface area contributed by atoms with Gasteiger partial charge in [-0.2, -0.15) is 0 Å². The summed E-state index contributed by atoms with van der Waals surface area (Å²) in [7, 11) is 0. The van der Waals surface area contributed by atoms with Crippen LogP contribution in [-0.4, -0.2) is 63.5 Å². The molecule has 0 saturated carbocycles. The van der Waals surface area contributed by atoms with Crippen LogP contribution in [0.5, 0.6) is 0 Å². The van der Waals surface area contributed by atoms with E-state index in [4.69, 9.17) is 10.8 Å². The fraction of sp³-hybridized carbons (Fsp3) is 0.444. The fourth-order valence-corrected chi connectivity index (χ4v) is 3.10. The van der Waals surface area contributed by atoms with E-state index >= 15 is 0 Å². The van der Waals surface area contributed by atoms with Crippen LogP contribution in [0.3, 0.4) is 0 Å². The Morgan fingerprint density at radius 3 is 2.44 bits per heavy atom. The molecule has 27 heavy (non-hydrogen) atoms. The lowest BCUT2D eigenvalue weighted by molar-refractivity contribution is -0.149. The second kappa shape index (κ2) is 9.13. The Morgan fingerprint density at radius 1 is 1.19 bits per heavy atom. The Bertz CT molecular complexity index is 708. The van der Waals surface area contributed by atoms with Crippen molar-refractivity contribution >= 4 is 23.8 Å². The first kappa shape index (κ1) is 20.4. The maximum absolute atomic E-state index is 12.9. The number of carboxylic acids is 2. The SMILES string of the molecule is NC(CC(=O)O)C(=O)NC(Cc1ccccc1)C(=O)N1CCCC1C(=O)O. The van der Waals surface area contributed by atoms with Gasteiger partial charge in [-0.15, -0.1) is 0 Å². The molecule has 1 aromatic carbocycles. The van der Waals surface area contributed by atoms with Crippen molar-refractivity contribution < 1.29 is 29.4 Å². The molecule has 1 heterocycles. The summed E-state index contributed by atoms with van der Waals surface area (Å²) in [5.41, 5.74) is 6.35. The summed E-state index contributed by atoms with van der Waals surface area (Å²) >= 11 is 0. The first-order valence-corrected chi connectivity index (χ1v) is 8.64. The molecule has 1 aromatic rings. The molecular weight excluding hydrogens is 354 g/mol. The zero-order chi connectivity index (χ0) is 20.0. The van der Waals surface area contributed by atoms with Crippen molar-refractivity contribution in [2.24, 2.45) is 5.73 Å². The number of nitrogens with two attached hydrogens (primary N) is 1. The standard InChI is InChI=1S/C18H23N3O6/c19-12(10-15(22)23)16(24)20-13(9-11-5-2-1-3-6-11)17(25)21-8-4-7-14(21)18(26)27/h1-3,5-6,12-14H,4,7-10,19H2,(H,20,24)(H,22,23)(H,26,27). The van der Waals surface area contributed by atoms with Crippen LogP contribution in [0.4, 0.5) is 0 Å². The lowest BCUT2D eigenvalue weighted by Gasteiger charge is -2.28. The molecule has 0 aliphatic carbocycles. The molecule has 1 fully saturated rings. The van der Waals surface area contributed by atoms with Crippen molar-refractivity contribution in [3.63, 3.8) is 0 Å². The minimum Gasteiger partial charge on any atom is -0.481 e. The van der Waals surface area contributed by atoms with E-state index in [1.807, 2.05) is 6.07 Å². The normalized spacial score (nSPS) is 18.6. The summed E-state index contributed by atoms with van der Waals surface area (Å²) in [5.74, 6) is -3.60. The first-order valence-electron chi connectivity index (χ1n) is 8.64. The van der Waals surface area contributed by atoms with E-state index in [2.05, 4.69) is 5.32 Å². The third-order valence-electron chi connectivity index (χ3n) is 4.45. The summed E-state index contributed by atoms with van der Waals surface area (Å²) in [6.45, 7) is 0.290. The molecule has 9 heteroatoms. The van der Waals surface area contributed by atoms with Gasteiger partial charge in [0.1, 0.15) is 12.1 Å². The summed E-state index contributed by atoms with van der Waals surface area (Å²) in [5, 5.41) is 20.6. The molecule has 0 radical (unpaired) electrons. The van der Waals surface area contributed by atoms with Crippen LogP contribution in [0.2, 0.25) is 0 Å². The van der Waals surface area contributed by atoms with Crippen LogP contribution in [0.25, 0.3) is 0 Å². The quantitative estimate of drug-likeness (QED) is 0.481. The maximum Gasteiger partial charge on any atom is 0.326 e. The summed E-state index contributed by atoms with van der Waals surface area (Å²) in [6.07, 6.45) is 0.492. The topological polar surface area (TPSA) is 150 Å². The molecule has 3 unspecified atom stereocenters. The van der Waals surface area contributed by atoms with Crippen LogP contribution in [0.1, 0.15) is 24.8 Å². The lowest BCUT2D eigenvalue weighted by atomic mass is 10.0. The van der Waals surface area contributed by atoms with Gasteiger partial charge < -0.3 is 26.2 Å². The third kappa shape index (κ3) is 5.52. The van der Waals surface area contributed by atoms with E-state index in [1.165, 1.54) is 4.90 Å². The smallest absolute Gasteiger partial charge is 0.326 e. The monoisotopic (exact) mass is 377 g/mol. The Kier molecular flexibility index (Phi) is 6.89. The lowest BCUT2D eigenvalue weighted by Crippen LogP contribution is -2.55. The van der Waals surface area contributed by atoms with Gasteiger partial charge in [-0.3, -0.25) is 14.4 Å². The number of carbonyl (C=O) groups excluding carboxylic acids is 2. The summed E-state index contributed by atoms with van der Waals surface area (Å²) < 4.78 is 0. The van der Waals surface area contributed by atoms with Crippen molar-refractivity contribution in [2.75, 3.05) is 6.54 Å². The number of carbonyl (C=O) groups is 4. The molecule has 146 valence electrons. The van der Waals surface area contributed by atoms with Gasteiger partial charge in [0.15, 0.2) is 0 Å². The molecule has 0 spiro atoms. The van der Waals surface area contributed by atoms with Gasteiger partial charge >= 0.3 is 11.9 Å². The van der Waals surface area contributed by atoms with Crippen LogP contribution < -0.4 is 11.1 Å². The predicted octanol–water partition coefficient (Wildman–Crippen LogP) is -0.408. The minimum absolute atomic E-state index is 0.147. The molecule has 2 amide bonds. The molecule has 1 aliphatic rings. The van der Waals surface area contributed by atoms with Crippen molar-refractivity contribution in [2.45, 2.75) is 43.8 Å². The largest absolute Gasteiger partial charge is 0.481 e. The molecule has 1 saturated heterocycles. The van der Waals surface area contributed by atoms with Gasteiger partial charge in [-0.25, -0.2) is 4.79 Å². The number of nitrogens with zero attached hydrogens (tertiary/aromatic N) is 1. The highest BCUT2D eigenvalue weighted by molar-refractivity contribution is 5.93. The zero-order valence-corrected chi connectivity index (χ0v) is 14.7. The molecule has 5 N–H and O–H groups in total. The molecule has 3 atom stereocenters. The number of hydrogen-bond acceptors (Lipinski definition) is 5. The highest BCUT2D eigenvalue weighted by atomic mass is 16.4. The predicted molar refractivity (Wildman–Crippen MR) is 94.7 cm³/mol. The number of aliphatic carboxylic acids is 2. The van der Waals surface area contributed by atoms with Gasteiger partial charge in [-0.1, -0.05) is 30.3 Å². The maximum atomic E-state index is 12.9. The van der Waals surface area contributed by atoms with Crippen LogP contribution in [0.15, 0.2) is 30.3 Å².